The van der Waals surface area contributed by atoms with Crippen molar-refractivity contribution in [3.05, 3.63) is 14.7 Å². The Morgan fingerprint density at radius 3 is 2.22 bits per heavy atom. The van der Waals surface area contributed by atoms with Gasteiger partial charge in [-0.2, -0.15) is 0 Å². The molecule has 0 aromatic heterocycles. The van der Waals surface area contributed by atoms with Crippen LogP contribution in [0.25, 0.3) is 0 Å². The molecule has 0 spiro atoms. The lowest BCUT2D eigenvalue weighted by Crippen LogP contribution is -2.32. The second-order valence-electron chi connectivity index (χ2n) is 5.56. The Kier molecular flexibility index (Phi) is 5.32. The molecule has 0 unspecified atom stereocenters. The van der Waals surface area contributed by atoms with Gasteiger partial charge in [-0.15, -0.1) is 0 Å². The molecule has 18 heavy (non-hydrogen) atoms. The first-order valence-electron chi connectivity index (χ1n) is 6.58. The van der Waals surface area contributed by atoms with E-state index < -0.39 is 0 Å². The highest BCUT2D eigenvalue weighted by atomic mass is 32.1. The molecule has 0 N–H and O–H groups in total. The summed E-state index contributed by atoms with van der Waals surface area (Å²) in [6.45, 7) is 5.46. The number of hydrogen-bond donors (Lipinski definition) is 0. The molecule has 0 fully saturated rings. The minimum Gasteiger partial charge on any atom is -0.373 e. The molecule has 0 aliphatic heterocycles. The molecular formula is C14H24N2OS. The lowest BCUT2D eigenvalue weighted by Gasteiger charge is -2.27. The summed E-state index contributed by atoms with van der Waals surface area (Å²) in [5.41, 5.74) is 1.72. The quantitative estimate of drug-likeness (QED) is 0.560. The molecule has 0 heterocycles. The average Bonchev–Trinajstić information content (AvgIpc) is 2.28. The fourth-order valence-corrected chi connectivity index (χ4v) is 2.50. The van der Waals surface area contributed by atoms with Gasteiger partial charge in [0.25, 0.3) is 0 Å². The topological polar surface area (TPSA) is 23.6 Å². The molecular weight excluding hydrogens is 244 g/mol. The number of nitrogens with zero attached hydrogens (tertiary/aromatic N) is 2. The van der Waals surface area contributed by atoms with Crippen LogP contribution in [-0.4, -0.2) is 27.7 Å². The zero-order chi connectivity index (χ0) is 13.9. The molecule has 0 atom stereocenters. The normalized spacial score (nSPS) is 11.2. The van der Waals surface area contributed by atoms with Gasteiger partial charge in [0, 0.05) is 27.7 Å². The monoisotopic (exact) mass is 268 g/mol. The average molecular weight is 268 g/mol. The molecule has 0 aliphatic carbocycles. The molecule has 102 valence electrons. The van der Waals surface area contributed by atoms with E-state index in [1.165, 1.54) is 12.8 Å². The van der Waals surface area contributed by atoms with Crippen molar-refractivity contribution in [2.45, 2.75) is 33.1 Å². The van der Waals surface area contributed by atoms with Gasteiger partial charge in [0.1, 0.15) is 10.2 Å². The van der Waals surface area contributed by atoms with Gasteiger partial charge in [0.05, 0.1) is 5.69 Å². The van der Waals surface area contributed by atoms with Crippen molar-refractivity contribution in [1.82, 2.24) is 0 Å². The Bertz CT molecular complexity index is 458. The molecule has 3 nitrogen and oxygen atoms in total. The van der Waals surface area contributed by atoms with E-state index in [2.05, 4.69) is 18.7 Å². The summed E-state index contributed by atoms with van der Waals surface area (Å²) in [5.74, 6) is 0.762. The zero-order valence-corrected chi connectivity index (χ0v) is 12.9. The van der Waals surface area contributed by atoms with Crippen molar-refractivity contribution in [1.29, 1.82) is 0 Å². The van der Waals surface area contributed by atoms with Crippen molar-refractivity contribution in [2.75, 3.05) is 37.5 Å². The lowest BCUT2D eigenvalue weighted by molar-refractivity contribution is 0.538. The van der Waals surface area contributed by atoms with Crippen molar-refractivity contribution in [2.24, 2.45) is 5.92 Å². The van der Waals surface area contributed by atoms with Crippen LogP contribution in [0.4, 0.5) is 11.4 Å². The Morgan fingerprint density at radius 2 is 1.72 bits per heavy atom. The fourth-order valence-electron chi connectivity index (χ4n) is 2.15. The van der Waals surface area contributed by atoms with E-state index >= 15 is 0 Å². The predicted octanol–water partition coefficient (Wildman–Crippen LogP) is 2.98. The Balaban J connectivity index is 2.57. The summed E-state index contributed by atoms with van der Waals surface area (Å²) in [4.78, 5) is 15.7. The number of hydrogen-bond acceptors (Lipinski definition) is 4. The number of unbranched alkanes of at least 4 members (excludes halogenated alkanes) is 1. The maximum Gasteiger partial charge on any atom is 0.224 e. The standard InChI is InChI=1S/C14H24N2OS/c1-10(2)8-6-7-9-16(5)12-11(15(3)4)13(17)14(12)18/h10H,6-9H2,1-5H3. The third-order valence-electron chi connectivity index (χ3n) is 3.21. The van der Waals surface area contributed by atoms with E-state index in [-0.39, 0.29) is 5.43 Å². The summed E-state index contributed by atoms with van der Waals surface area (Å²) in [5, 5.41) is 0. The molecule has 0 radical (unpaired) electrons. The van der Waals surface area contributed by atoms with Gasteiger partial charge in [0.2, 0.25) is 5.43 Å². The SMILES string of the molecule is CC(C)CCCCN(C)c1c(N(C)C)c(=O)c1=S. The summed E-state index contributed by atoms with van der Waals surface area (Å²) < 4.78 is 0.491. The summed E-state index contributed by atoms with van der Waals surface area (Å²) in [6.07, 6.45) is 3.64. The second kappa shape index (κ2) is 6.32. The maximum absolute atomic E-state index is 11.7. The highest BCUT2D eigenvalue weighted by molar-refractivity contribution is 7.71. The van der Waals surface area contributed by atoms with Crippen molar-refractivity contribution in [3.63, 3.8) is 0 Å². The maximum atomic E-state index is 11.7. The summed E-state index contributed by atoms with van der Waals surface area (Å²) in [7, 11) is 5.80. The van der Waals surface area contributed by atoms with Crippen LogP contribution in [0.3, 0.4) is 0 Å². The van der Waals surface area contributed by atoms with Crippen LogP contribution in [0.2, 0.25) is 0 Å². The van der Waals surface area contributed by atoms with E-state index in [0.29, 0.717) is 4.51 Å². The minimum atomic E-state index is 0.0130. The third-order valence-corrected chi connectivity index (χ3v) is 3.59. The van der Waals surface area contributed by atoms with Gasteiger partial charge < -0.3 is 9.80 Å². The molecule has 0 amide bonds. The first-order valence-corrected chi connectivity index (χ1v) is 6.98. The fraction of sp³-hybridized carbons (Fsp3) is 0.714. The predicted molar refractivity (Wildman–Crippen MR) is 82.2 cm³/mol. The van der Waals surface area contributed by atoms with Crippen LogP contribution in [0.15, 0.2) is 4.79 Å². The zero-order valence-electron chi connectivity index (χ0n) is 12.1. The van der Waals surface area contributed by atoms with E-state index in [4.69, 9.17) is 12.2 Å². The largest absolute Gasteiger partial charge is 0.373 e. The van der Waals surface area contributed by atoms with Gasteiger partial charge >= 0.3 is 0 Å². The highest BCUT2D eigenvalue weighted by Crippen LogP contribution is 2.28. The Morgan fingerprint density at radius 1 is 1.11 bits per heavy atom. The molecule has 4 heteroatoms. The molecule has 0 aliphatic rings. The van der Waals surface area contributed by atoms with Crippen LogP contribution in [0.5, 0.6) is 0 Å². The van der Waals surface area contributed by atoms with Crippen molar-refractivity contribution >= 4 is 23.6 Å². The molecule has 1 aromatic carbocycles. The van der Waals surface area contributed by atoms with Gasteiger partial charge in [-0.25, -0.2) is 0 Å². The van der Waals surface area contributed by atoms with Crippen molar-refractivity contribution < 1.29 is 0 Å². The number of anilines is 2. The lowest BCUT2D eigenvalue weighted by atomic mass is 10.1. The number of rotatable bonds is 7. The van der Waals surface area contributed by atoms with Crippen LogP contribution in [0, 0.1) is 10.4 Å². The van der Waals surface area contributed by atoms with E-state index in [0.717, 1.165) is 30.3 Å². The Hall–Kier alpha value is -0.900. The second-order valence-corrected chi connectivity index (χ2v) is 5.97. The first-order chi connectivity index (χ1) is 8.36. The molecule has 0 bridgehead atoms. The smallest absolute Gasteiger partial charge is 0.224 e. The minimum absolute atomic E-state index is 0.0130. The van der Waals surface area contributed by atoms with Crippen LogP contribution in [0.1, 0.15) is 33.1 Å². The van der Waals surface area contributed by atoms with Crippen LogP contribution >= 0.6 is 12.2 Å². The van der Waals surface area contributed by atoms with Crippen LogP contribution in [-0.2, 0) is 0 Å². The summed E-state index contributed by atoms with van der Waals surface area (Å²) >= 11 is 5.14. The highest BCUT2D eigenvalue weighted by Gasteiger charge is 2.22. The van der Waals surface area contributed by atoms with Gasteiger partial charge in [-0.1, -0.05) is 38.9 Å². The molecule has 0 saturated carbocycles. The van der Waals surface area contributed by atoms with Gasteiger partial charge in [0.15, 0.2) is 0 Å². The van der Waals surface area contributed by atoms with E-state index in [9.17, 15) is 4.79 Å². The van der Waals surface area contributed by atoms with Crippen molar-refractivity contribution in [3.8, 4) is 0 Å². The third kappa shape index (κ3) is 3.31. The molecule has 0 saturated heterocycles. The van der Waals surface area contributed by atoms with E-state index in [1.807, 2.05) is 26.0 Å². The Labute approximate surface area is 115 Å². The molecule has 1 rings (SSSR count). The molecule has 1 aromatic rings. The van der Waals surface area contributed by atoms with E-state index in [1.54, 1.807) is 0 Å². The first kappa shape index (κ1) is 15.2. The van der Waals surface area contributed by atoms with Crippen LogP contribution < -0.4 is 15.2 Å². The van der Waals surface area contributed by atoms with Gasteiger partial charge in [-0.3, -0.25) is 4.79 Å². The summed E-state index contributed by atoms with van der Waals surface area (Å²) in [6, 6.07) is 0. The van der Waals surface area contributed by atoms with Gasteiger partial charge in [-0.05, 0) is 12.3 Å².